The maximum Gasteiger partial charge on any atom is 0.222 e. The highest BCUT2D eigenvalue weighted by Gasteiger charge is 2.42. The molecular formula is C19H29ClN2O2. The average Bonchev–Trinajstić information content (AvgIpc) is 3.08. The average molecular weight is 353 g/mol. The minimum atomic E-state index is 0. The normalized spacial score (nSPS) is 25.3. The first-order valence-corrected chi connectivity index (χ1v) is 8.78. The molecule has 0 spiro atoms. The number of nitrogens with two attached hydrogens (primary N) is 1. The third-order valence-electron chi connectivity index (χ3n) is 5.39. The Labute approximate surface area is 151 Å². The maximum absolute atomic E-state index is 12.3. The molecule has 2 aliphatic rings. The number of fused-ring (bicyclic) bond motifs is 1. The van der Waals surface area contributed by atoms with Gasteiger partial charge in [-0.2, -0.15) is 0 Å². The molecule has 1 aromatic rings. The lowest BCUT2D eigenvalue weighted by Gasteiger charge is -2.19. The lowest BCUT2D eigenvalue weighted by molar-refractivity contribution is -0.130. The van der Waals surface area contributed by atoms with Gasteiger partial charge in [-0.1, -0.05) is 17.7 Å². The fraction of sp³-hybridized carbons (Fsp3) is 0.632. The first-order chi connectivity index (χ1) is 11.0. The van der Waals surface area contributed by atoms with Crippen molar-refractivity contribution in [3.05, 3.63) is 29.3 Å². The van der Waals surface area contributed by atoms with Gasteiger partial charge in [-0.25, -0.2) is 0 Å². The molecule has 1 amide bonds. The van der Waals surface area contributed by atoms with Gasteiger partial charge in [0, 0.05) is 25.6 Å². The second kappa shape index (κ2) is 8.21. The number of amides is 1. The number of ether oxygens (including phenoxy) is 1. The maximum atomic E-state index is 12.3. The van der Waals surface area contributed by atoms with Crippen LogP contribution in [-0.2, 0) is 4.79 Å². The number of carbonyl (C=O) groups excluding carboxylic acids is 1. The van der Waals surface area contributed by atoms with Crippen molar-refractivity contribution in [1.82, 2.24) is 4.90 Å². The predicted molar refractivity (Wildman–Crippen MR) is 98.7 cm³/mol. The highest BCUT2D eigenvalue weighted by Crippen LogP contribution is 2.37. The zero-order valence-electron chi connectivity index (χ0n) is 14.7. The van der Waals surface area contributed by atoms with Crippen LogP contribution in [0.5, 0.6) is 5.75 Å². The summed E-state index contributed by atoms with van der Waals surface area (Å²) in [6, 6.07) is 6.48. The standard InChI is InChI=1S/C19H28N2O2.ClH/c1-13-5-8-18(14(2)10-13)23-9-3-4-19(22)21-11-15-6-7-17(20)16(15)12-21;/h5,8,10,15-17H,3-4,6-7,9,11-12,20H2,1-2H3;1H. The third kappa shape index (κ3) is 4.22. The van der Waals surface area contributed by atoms with E-state index in [-0.39, 0.29) is 18.3 Å². The zero-order chi connectivity index (χ0) is 16.4. The van der Waals surface area contributed by atoms with Crippen LogP contribution in [0, 0.1) is 25.7 Å². The van der Waals surface area contributed by atoms with Crippen molar-refractivity contribution in [3.8, 4) is 5.75 Å². The van der Waals surface area contributed by atoms with Gasteiger partial charge in [0.25, 0.3) is 0 Å². The Morgan fingerprint density at radius 3 is 2.79 bits per heavy atom. The van der Waals surface area contributed by atoms with Gasteiger partial charge in [0.1, 0.15) is 5.75 Å². The first kappa shape index (κ1) is 19.1. The number of carbonyl (C=O) groups is 1. The molecule has 1 aliphatic heterocycles. The number of aryl methyl sites for hydroxylation is 2. The second-order valence-corrected chi connectivity index (χ2v) is 7.18. The topological polar surface area (TPSA) is 55.6 Å². The summed E-state index contributed by atoms with van der Waals surface area (Å²) >= 11 is 0. The molecule has 4 nitrogen and oxygen atoms in total. The highest BCUT2D eigenvalue weighted by molar-refractivity contribution is 5.85. The lowest BCUT2D eigenvalue weighted by Crippen LogP contribution is -2.33. The third-order valence-corrected chi connectivity index (χ3v) is 5.39. The summed E-state index contributed by atoms with van der Waals surface area (Å²) in [5, 5.41) is 0. The monoisotopic (exact) mass is 352 g/mol. The smallest absolute Gasteiger partial charge is 0.222 e. The molecule has 2 N–H and O–H groups in total. The van der Waals surface area contributed by atoms with E-state index in [4.69, 9.17) is 10.5 Å². The van der Waals surface area contributed by atoms with Gasteiger partial charge in [0.2, 0.25) is 5.91 Å². The van der Waals surface area contributed by atoms with Crippen LogP contribution in [0.25, 0.3) is 0 Å². The van der Waals surface area contributed by atoms with Crippen LogP contribution in [0.4, 0.5) is 0 Å². The molecule has 1 aliphatic carbocycles. The van der Waals surface area contributed by atoms with Gasteiger partial charge in [-0.15, -0.1) is 12.4 Å². The molecule has 1 aromatic carbocycles. The molecule has 24 heavy (non-hydrogen) atoms. The van der Waals surface area contributed by atoms with Crippen molar-refractivity contribution in [2.75, 3.05) is 19.7 Å². The summed E-state index contributed by atoms with van der Waals surface area (Å²) in [6.07, 6.45) is 3.65. The fourth-order valence-corrected chi connectivity index (χ4v) is 4.04. The van der Waals surface area contributed by atoms with Crippen molar-refractivity contribution < 1.29 is 9.53 Å². The Bertz CT molecular complexity index is 578. The zero-order valence-corrected chi connectivity index (χ0v) is 15.5. The van der Waals surface area contributed by atoms with E-state index in [1.807, 2.05) is 11.0 Å². The molecule has 1 saturated heterocycles. The molecule has 2 fully saturated rings. The van der Waals surface area contributed by atoms with E-state index in [0.717, 1.165) is 37.2 Å². The molecule has 1 heterocycles. The molecule has 1 saturated carbocycles. The summed E-state index contributed by atoms with van der Waals surface area (Å²) in [5.74, 6) is 2.35. The van der Waals surface area contributed by atoms with Crippen LogP contribution in [0.15, 0.2) is 18.2 Å². The minimum absolute atomic E-state index is 0. The van der Waals surface area contributed by atoms with E-state index in [0.29, 0.717) is 30.9 Å². The second-order valence-electron chi connectivity index (χ2n) is 7.18. The quantitative estimate of drug-likeness (QED) is 0.828. The molecule has 3 unspecified atom stereocenters. The van der Waals surface area contributed by atoms with E-state index >= 15 is 0 Å². The Morgan fingerprint density at radius 2 is 2.08 bits per heavy atom. The minimum Gasteiger partial charge on any atom is -0.493 e. The number of benzene rings is 1. The van der Waals surface area contributed by atoms with Gasteiger partial charge in [-0.3, -0.25) is 4.79 Å². The van der Waals surface area contributed by atoms with Crippen molar-refractivity contribution in [1.29, 1.82) is 0 Å². The SMILES string of the molecule is Cc1ccc(OCCCC(=O)N2CC3CCC(N)C3C2)c(C)c1.Cl. The van der Waals surface area contributed by atoms with Crippen LogP contribution >= 0.6 is 12.4 Å². The highest BCUT2D eigenvalue weighted by atomic mass is 35.5. The van der Waals surface area contributed by atoms with E-state index in [1.165, 1.54) is 12.0 Å². The molecule has 5 heteroatoms. The van der Waals surface area contributed by atoms with Crippen molar-refractivity contribution >= 4 is 18.3 Å². The van der Waals surface area contributed by atoms with E-state index in [1.54, 1.807) is 0 Å². The number of hydrogen-bond donors (Lipinski definition) is 1. The summed E-state index contributed by atoms with van der Waals surface area (Å²) in [6.45, 7) is 6.50. The predicted octanol–water partition coefficient (Wildman–Crippen LogP) is 3.08. The summed E-state index contributed by atoms with van der Waals surface area (Å²) in [4.78, 5) is 14.4. The lowest BCUT2D eigenvalue weighted by atomic mass is 9.98. The summed E-state index contributed by atoms with van der Waals surface area (Å²) in [5.41, 5.74) is 8.52. The van der Waals surface area contributed by atoms with Gasteiger partial charge in [0.15, 0.2) is 0 Å². The molecule has 134 valence electrons. The number of hydrogen-bond acceptors (Lipinski definition) is 3. The molecular weight excluding hydrogens is 324 g/mol. The van der Waals surface area contributed by atoms with E-state index < -0.39 is 0 Å². The van der Waals surface area contributed by atoms with Crippen molar-refractivity contribution in [2.45, 2.75) is 45.6 Å². The molecule has 0 aromatic heterocycles. The fourth-order valence-electron chi connectivity index (χ4n) is 4.04. The number of rotatable bonds is 5. The Kier molecular flexibility index (Phi) is 6.53. The van der Waals surface area contributed by atoms with Crippen molar-refractivity contribution in [2.24, 2.45) is 17.6 Å². The van der Waals surface area contributed by atoms with Crippen LogP contribution in [0.1, 0.15) is 36.8 Å². The van der Waals surface area contributed by atoms with E-state index in [9.17, 15) is 4.79 Å². The molecule has 0 bridgehead atoms. The Balaban J connectivity index is 0.00000208. The van der Waals surface area contributed by atoms with Gasteiger partial charge in [0.05, 0.1) is 6.61 Å². The Morgan fingerprint density at radius 1 is 1.29 bits per heavy atom. The van der Waals surface area contributed by atoms with Crippen LogP contribution in [0.2, 0.25) is 0 Å². The molecule has 3 atom stereocenters. The van der Waals surface area contributed by atoms with Gasteiger partial charge >= 0.3 is 0 Å². The molecule has 0 radical (unpaired) electrons. The largest absolute Gasteiger partial charge is 0.493 e. The number of halogens is 1. The van der Waals surface area contributed by atoms with Gasteiger partial charge in [-0.05, 0) is 56.6 Å². The first-order valence-electron chi connectivity index (χ1n) is 8.78. The Hall–Kier alpha value is -1.26. The van der Waals surface area contributed by atoms with Crippen LogP contribution < -0.4 is 10.5 Å². The number of likely N-dealkylation sites (tertiary alicyclic amines) is 1. The summed E-state index contributed by atoms with van der Waals surface area (Å²) < 4.78 is 5.81. The number of nitrogens with zero attached hydrogens (tertiary/aromatic N) is 1. The summed E-state index contributed by atoms with van der Waals surface area (Å²) in [7, 11) is 0. The van der Waals surface area contributed by atoms with E-state index in [2.05, 4.69) is 26.0 Å². The van der Waals surface area contributed by atoms with Crippen LogP contribution in [-0.4, -0.2) is 36.5 Å². The molecule has 3 rings (SSSR count). The van der Waals surface area contributed by atoms with Crippen molar-refractivity contribution in [3.63, 3.8) is 0 Å². The van der Waals surface area contributed by atoms with Gasteiger partial charge < -0.3 is 15.4 Å². The van der Waals surface area contributed by atoms with Crippen LogP contribution in [0.3, 0.4) is 0 Å².